The van der Waals surface area contributed by atoms with Gasteiger partial charge in [-0.1, -0.05) is 12.1 Å². The molecular weight excluding hydrogens is 311 g/mol. The maximum Gasteiger partial charge on any atom is 0.416 e. The summed E-state index contributed by atoms with van der Waals surface area (Å²) in [5, 5.41) is 3.03. The average Bonchev–Trinajstić information content (AvgIpc) is 3.09. The summed E-state index contributed by atoms with van der Waals surface area (Å²) in [5.74, 6) is -0.175. The van der Waals surface area contributed by atoms with Gasteiger partial charge in [0, 0.05) is 11.6 Å². The molecule has 1 fully saturated rings. The molecule has 6 heteroatoms. The Kier molecular flexibility index (Phi) is 4.92. The lowest BCUT2D eigenvalue weighted by atomic mass is 10.1. The minimum atomic E-state index is -4.35. The topological polar surface area (TPSA) is 29.1 Å². The van der Waals surface area contributed by atoms with Gasteiger partial charge in [0.05, 0.1) is 12.1 Å². The first-order valence-corrected chi connectivity index (χ1v) is 5.40. The molecule has 1 aromatic rings. The van der Waals surface area contributed by atoms with Crippen molar-refractivity contribution in [1.29, 1.82) is 0 Å². The summed E-state index contributed by atoms with van der Waals surface area (Å²) in [6, 6.07) is 4.72. The molecule has 0 amide bonds. The van der Waals surface area contributed by atoms with Crippen molar-refractivity contribution < 1.29 is 18.0 Å². The normalized spacial score (nSPS) is 15.1. The molecule has 18 heavy (non-hydrogen) atoms. The van der Waals surface area contributed by atoms with Gasteiger partial charge in [0.1, 0.15) is 0 Å². The number of Topliss-reactive ketones (excluding diaryl/α,β-unsaturated/α-hetero) is 1. The summed E-state index contributed by atoms with van der Waals surface area (Å²) in [6.45, 7) is 0.191. The SMILES string of the molecule is Br.O=C(CNC1CC1)c1ccc(C(F)(F)F)cc1. The molecule has 0 unspecified atom stereocenters. The Labute approximate surface area is 113 Å². The standard InChI is InChI=1S/C12H12F3NO.BrH/c13-12(14,15)9-3-1-8(2-4-9)11(17)7-16-10-5-6-10;/h1-4,10,16H,5-7H2;1H. The zero-order valence-electron chi connectivity index (χ0n) is 9.46. The predicted octanol–water partition coefficient (Wildman–Crippen LogP) is 3.22. The van der Waals surface area contributed by atoms with E-state index in [0.717, 1.165) is 25.0 Å². The Morgan fingerprint density at radius 3 is 2.22 bits per heavy atom. The number of hydrogen-bond donors (Lipinski definition) is 1. The first-order chi connectivity index (χ1) is 7.97. The van der Waals surface area contributed by atoms with Crippen molar-refractivity contribution >= 4 is 22.8 Å². The van der Waals surface area contributed by atoms with Crippen LogP contribution in [0.4, 0.5) is 13.2 Å². The molecule has 2 nitrogen and oxygen atoms in total. The Morgan fingerprint density at radius 2 is 1.78 bits per heavy atom. The number of halogens is 4. The van der Waals surface area contributed by atoms with Gasteiger partial charge in [0.2, 0.25) is 0 Å². The fourth-order valence-corrected chi connectivity index (χ4v) is 1.47. The molecule has 0 aliphatic heterocycles. The van der Waals surface area contributed by atoms with E-state index < -0.39 is 11.7 Å². The second-order valence-corrected chi connectivity index (χ2v) is 4.15. The molecule has 100 valence electrons. The van der Waals surface area contributed by atoms with E-state index in [9.17, 15) is 18.0 Å². The lowest BCUT2D eigenvalue weighted by molar-refractivity contribution is -0.137. The summed E-state index contributed by atoms with van der Waals surface area (Å²) in [6.07, 6.45) is -2.21. The molecule has 0 bridgehead atoms. The number of rotatable bonds is 4. The van der Waals surface area contributed by atoms with E-state index in [4.69, 9.17) is 0 Å². The van der Waals surface area contributed by atoms with E-state index >= 15 is 0 Å². The van der Waals surface area contributed by atoms with Crippen LogP contribution >= 0.6 is 17.0 Å². The lowest BCUT2D eigenvalue weighted by Gasteiger charge is -2.07. The van der Waals surface area contributed by atoms with Crippen molar-refractivity contribution in [2.45, 2.75) is 25.1 Å². The third-order valence-corrected chi connectivity index (χ3v) is 2.66. The first-order valence-electron chi connectivity index (χ1n) is 5.40. The van der Waals surface area contributed by atoms with Crippen molar-refractivity contribution in [1.82, 2.24) is 5.32 Å². The zero-order valence-corrected chi connectivity index (χ0v) is 11.2. The second-order valence-electron chi connectivity index (χ2n) is 4.15. The number of benzene rings is 1. The van der Waals surface area contributed by atoms with Crippen LogP contribution < -0.4 is 5.32 Å². The molecule has 0 radical (unpaired) electrons. The maximum absolute atomic E-state index is 12.3. The molecule has 0 atom stereocenters. The van der Waals surface area contributed by atoms with Gasteiger partial charge in [0.15, 0.2) is 5.78 Å². The molecule has 1 saturated carbocycles. The minimum absolute atomic E-state index is 0. The predicted molar refractivity (Wildman–Crippen MR) is 67.1 cm³/mol. The molecule has 1 aliphatic carbocycles. The van der Waals surface area contributed by atoms with Gasteiger partial charge in [-0.3, -0.25) is 4.79 Å². The highest BCUT2D eigenvalue weighted by Gasteiger charge is 2.30. The smallest absolute Gasteiger partial charge is 0.307 e. The number of ketones is 1. The van der Waals surface area contributed by atoms with Crippen LogP contribution in [0.2, 0.25) is 0 Å². The van der Waals surface area contributed by atoms with Crippen LogP contribution in [0.3, 0.4) is 0 Å². The minimum Gasteiger partial charge on any atom is -0.307 e. The summed E-state index contributed by atoms with van der Waals surface area (Å²) in [7, 11) is 0. The summed E-state index contributed by atoms with van der Waals surface area (Å²) >= 11 is 0. The van der Waals surface area contributed by atoms with Crippen LogP contribution in [-0.2, 0) is 6.18 Å². The van der Waals surface area contributed by atoms with Crippen molar-refractivity contribution in [2.75, 3.05) is 6.54 Å². The van der Waals surface area contributed by atoms with E-state index in [0.29, 0.717) is 11.6 Å². The van der Waals surface area contributed by atoms with E-state index in [1.54, 1.807) is 0 Å². The molecule has 0 spiro atoms. The van der Waals surface area contributed by atoms with Crippen LogP contribution in [0.25, 0.3) is 0 Å². The van der Waals surface area contributed by atoms with E-state index in [2.05, 4.69) is 5.32 Å². The Balaban J connectivity index is 0.00000162. The summed E-state index contributed by atoms with van der Waals surface area (Å²) in [4.78, 5) is 11.6. The number of hydrogen-bond acceptors (Lipinski definition) is 2. The first kappa shape index (κ1) is 15.2. The fourth-order valence-electron chi connectivity index (χ4n) is 1.47. The number of alkyl halides is 3. The van der Waals surface area contributed by atoms with Gasteiger partial charge in [0.25, 0.3) is 0 Å². The third kappa shape index (κ3) is 4.10. The van der Waals surface area contributed by atoms with Gasteiger partial charge in [-0.15, -0.1) is 17.0 Å². The van der Waals surface area contributed by atoms with Crippen LogP contribution in [-0.4, -0.2) is 18.4 Å². The van der Waals surface area contributed by atoms with Crippen LogP contribution in [0, 0.1) is 0 Å². The van der Waals surface area contributed by atoms with Gasteiger partial charge in [-0.2, -0.15) is 13.2 Å². The van der Waals surface area contributed by atoms with Crippen molar-refractivity contribution in [3.05, 3.63) is 35.4 Å². The molecule has 0 saturated heterocycles. The van der Waals surface area contributed by atoms with E-state index in [1.165, 1.54) is 12.1 Å². The summed E-state index contributed by atoms with van der Waals surface area (Å²) < 4.78 is 36.9. The zero-order chi connectivity index (χ0) is 12.5. The largest absolute Gasteiger partial charge is 0.416 e. The van der Waals surface area contributed by atoms with E-state index in [-0.39, 0.29) is 29.3 Å². The molecule has 0 heterocycles. The van der Waals surface area contributed by atoms with Crippen LogP contribution in [0.5, 0.6) is 0 Å². The lowest BCUT2D eigenvalue weighted by Crippen LogP contribution is -2.24. The van der Waals surface area contributed by atoms with Crippen molar-refractivity contribution in [3.63, 3.8) is 0 Å². The molecule has 0 aromatic heterocycles. The highest BCUT2D eigenvalue weighted by molar-refractivity contribution is 8.93. The average molecular weight is 324 g/mol. The Hall–Kier alpha value is -0.880. The summed E-state index contributed by atoms with van der Waals surface area (Å²) in [5.41, 5.74) is -0.421. The quantitative estimate of drug-likeness (QED) is 0.862. The van der Waals surface area contributed by atoms with Crippen LogP contribution in [0.15, 0.2) is 24.3 Å². The molecular formula is C12H13BrF3NO. The van der Waals surface area contributed by atoms with Gasteiger partial charge >= 0.3 is 6.18 Å². The third-order valence-electron chi connectivity index (χ3n) is 2.66. The second kappa shape index (κ2) is 5.84. The molecule has 1 aromatic carbocycles. The van der Waals surface area contributed by atoms with Crippen molar-refractivity contribution in [2.24, 2.45) is 0 Å². The van der Waals surface area contributed by atoms with Gasteiger partial charge < -0.3 is 5.32 Å². The van der Waals surface area contributed by atoms with E-state index in [1.807, 2.05) is 0 Å². The maximum atomic E-state index is 12.3. The monoisotopic (exact) mass is 323 g/mol. The Morgan fingerprint density at radius 1 is 1.22 bits per heavy atom. The molecule has 1 aliphatic rings. The molecule has 1 N–H and O–H groups in total. The highest BCUT2D eigenvalue weighted by atomic mass is 79.9. The Bertz CT molecular complexity index is 412. The van der Waals surface area contributed by atoms with Crippen LogP contribution in [0.1, 0.15) is 28.8 Å². The number of carbonyl (C=O) groups is 1. The fraction of sp³-hybridized carbons (Fsp3) is 0.417. The van der Waals surface area contributed by atoms with Crippen molar-refractivity contribution in [3.8, 4) is 0 Å². The van der Waals surface area contributed by atoms with Gasteiger partial charge in [-0.05, 0) is 25.0 Å². The number of nitrogens with one attached hydrogen (secondary N) is 1. The highest BCUT2D eigenvalue weighted by Crippen LogP contribution is 2.29. The molecule has 2 rings (SSSR count). The number of carbonyl (C=O) groups excluding carboxylic acids is 1. The van der Waals surface area contributed by atoms with Gasteiger partial charge in [-0.25, -0.2) is 0 Å².